The van der Waals surface area contributed by atoms with Crippen LogP contribution in [0.3, 0.4) is 0 Å². The van der Waals surface area contributed by atoms with Gasteiger partial charge in [0.1, 0.15) is 12.4 Å². The molecule has 1 rings (SSSR count). The molecule has 5 heteroatoms. The molecule has 0 aliphatic heterocycles. The molecule has 0 fully saturated rings. The van der Waals surface area contributed by atoms with Gasteiger partial charge in [-0.3, -0.25) is 0 Å². The summed E-state index contributed by atoms with van der Waals surface area (Å²) in [5.41, 5.74) is 0.890. The molecule has 5 nitrogen and oxygen atoms in total. The number of benzene rings is 1. The van der Waals surface area contributed by atoms with Crippen LogP contribution in [0.25, 0.3) is 0 Å². The average Bonchev–Trinajstić information content (AvgIpc) is 2.28. The summed E-state index contributed by atoms with van der Waals surface area (Å²) in [6.45, 7) is 1.35. The normalized spacial score (nSPS) is 9.81. The van der Waals surface area contributed by atoms with Gasteiger partial charge in [0.05, 0.1) is 6.61 Å². The predicted molar refractivity (Wildman–Crippen MR) is 58.7 cm³/mol. The van der Waals surface area contributed by atoms with Crippen LogP contribution < -0.4 is 10.1 Å². The number of hydrogen-bond acceptors (Lipinski definition) is 3. The first kappa shape index (κ1) is 12.3. The molecule has 0 spiro atoms. The molecule has 1 amide bonds. The minimum Gasteiger partial charge on any atom is -0.491 e. The molecule has 0 saturated carbocycles. The van der Waals surface area contributed by atoms with E-state index in [2.05, 4.69) is 5.32 Å². The van der Waals surface area contributed by atoms with Crippen molar-refractivity contribution in [3.8, 4) is 5.75 Å². The van der Waals surface area contributed by atoms with E-state index in [-0.39, 0.29) is 0 Å². The summed E-state index contributed by atoms with van der Waals surface area (Å²) >= 11 is 0. The van der Waals surface area contributed by atoms with Crippen LogP contribution in [0.4, 0.5) is 4.79 Å². The van der Waals surface area contributed by atoms with Crippen molar-refractivity contribution in [2.24, 2.45) is 0 Å². The van der Waals surface area contributed by atoms with E-state index < -0.39 is 6.09 Å². The van der Waals surface area contributed by atoms with Gasteiger partial charge in [-0.15, -0.1) is 0 Å². The molecule has 0 heterocycles. The molecule has 1 aromatic rings. The number of ether oxygens (including phenoxy) is 2. The Kier molecular flexibility index (Phi) is 5.15. The van der Waals surface area contributed by atoms with Crippen molar-refractivity contribution in [1.29, 1.82) is 0 Å². The second-order valence-electron chi connectivity index (χ2n) is 3.14. The molecule has 0 aromatic heterocycles. The van der Waals surface area contributed by atoms with E-state index >= 15 is 0 Å². The van der Waals surface area contributed by atoms with Crippen LogP contribution in [0.5, 0.6) is 5.75 Å². The minimum absolute atomic E-state index is 0.299. The summed E-state index contributed by atoms with van der Waals surface area (Å²) in [7, 11) is 1.62. The van der Waals surface area contributed by atoms with E-state index in [0.717, 1.165) is 11.3 Å². The fourth-order valence-corrected chi connectivity index (χ4v) is 1.12. The van der Waals surface area contributed by atoms with Gasteiger partial charge in [0.15, 0.2) is 0 Å². The van der Waals surface area contributed by atoms with Gasteiger partial charge in [0.2, 0.25) is 0 Å². The van der Waals surface area contributed by atoms with Crippen LogP contribution in [0.1, 0.15) is 5.56 Å². The molecule has 16 heavy (non-hydrogen) atoms. The zero-order chi connectivity index (χ0) is 11.8. The molecule has 0 saturated heterocycles. The van der Waals surface area contributed by atoms with Gasteiger partial charge in [0.25, 0.3) is 0 Å². The SMILES string of the molecule is COCCOc1ccc(CNC(=O)O)cc1. The number of carboxylic acid groups (broad SMARTS) is 1. The number of methoxy groups -OCH3 is 1. The van der Waals surface area contributed by atoms with Crippen molar-refractivity contribution in [2.45, 2.75) is 6.54 Å². The van der Waals surface area contributed by atoms with E-state index in [9.17, 15) is 4.79 Å². The van der Waals surface area contributed by atoms with Gasteiger partial charge in [-0.1, -0.05) is 12.1 Å². The van der Waals surface area contributed by atoms with Crippen molar-refractivity contribution in [1.82, 2.24) is 5.32 Å². The van der Waals surface area contributed by atoms with Crippen LogP contribution in [0.2, 0.25) is 0 Å². The minimum atomic E-state index is -1.03. The molecule has 1 aromatic carbocycles. The van der Waals surface area contributed by atoms with E-state index in [1.54, 1.807) is 19.2 Å². The van der Waals surface area contributed by atoms with Crippen LogP contribution >= 0.6 is 0 Å². The number of carbonyl (C=O) groups is 1. The summed E-state index contributed by atoms with van der Waals surface area (Å²) in [4.78, 5) is 10.3. The average molecular weight is 225 g/mol. The highest BCUT2D eigenvalue weighted by Crippen LogP contribution is 2.11. The Morgan fingerprint density at radius 2 is 2.00 bits per heavy atom. The second kappa shape index (κ2) is 6.68. The van der Waals surface area contributed by atoms with E-state index in [1.807, 2.05) is 12.1 Å². The van der Waals surface area contributed by atoms with Crippen LogP contribution in [-0.2, 0) is 11.3 Å². The highest BCUT2D eigenvalue weighted by molar-refractivity contribution is 5.64. The number of rotatable bonds is 6. The Hall–Kier alpha value is -1.75. The van der Waals surface area contributed by atoms with E-state index in [0.29, 0.717) is 19.8 Å². The molecule has 0 atom stereocenters. The molecule has 2 N–H and O–H groups in total. The second-order valence-corrected chi connectivity index (χ2v) is 3.14. The van der Waals surface area contributed by atoms with Gasteiger partial charge in [-0.2, -0.15) is 0 Å². The topological polar surface area (TPSA) is 67.8 Å². The van der Waals surface area contributed by atoms with Gasteiger partial charge >= 0.3 is 6.09 Å². The van der Waals surface area contributed by atoms with Crippen molar-refractivity contribution < 1.29 is 19.4 Å². The largest absolute Gasteiger partial charge is 0.491 e. The Bertz CT molecular complexity index is 323. The number of nitrogens with one attached hydrogen (secondary N) is 1. The first-order chi connectivity index (χ1) is 7.72. The van der Waals surface area contributed by atoms with E-state index in [1.165, 1.54) is 0 Å². The Labute approximate surface area is 94.0 Å². The van der Waals surface area contributed by atoms with Crippen LogP contribution in [0.15, 0.2) is 24.3 Å². The zero-order valence-electron chi connectivity index (χ0n) is 9.10. The van der Waals surface area contributed by atoms with Gasteiger partial charge in [-0.25, -0.2) is 4.79 Å². The summed E-state index contributed by atoms with van der Waals surface area (Å²) in [6, 6.07) is 7.24. The predicted octanol–water partition coefficient (Wildman–Crippen LogP) is 1.48. The molecular weight excluding hydrogens is 210 g/mol. The van der Waals surface area contributed by atoms with Crippen molar-refractivity contribution in [2.75, 3.05) is 20.3 Å². The summed E-state index contributed by atoms with van der Waals surface area (Å²) in [5, 5.41) is 10.7. The third kappa shape index (κ3) is 4.65. The molecule has 0 bridgehead atoms. The van der Waals surface area contributed by atoms with Gasteiger partial charge in [0, 0.05) is 13.7 Å². The maximum Gasteiger partial charge on any atom is 0.404 e. The quantitative estimate of drug-likeness (QED) is 0.719. The lowest BCUT2D eigenvalue weighted by Gasteiger charge is -2.06. The maximum atomic E-state index is 10.3. The lowest BCUT2D eigenvalue weighted by molar-refractivity contribution is 0.146. The van der Waals surface area contributed by atoms with Crippen LogP contribution in [0, 0.1) is 0 Å². The van der Waals surface area contributed by atoms with E-state index in [4.69, 9.17) is 14.6 Å². The molecule has 0 unspecified atom stereocenters. The maximum absolute atomic E-state index is 10.3. The fourth-order valence-electron chi connectivity index (χ4n) is 1.12. The lowest BCUT2D eigenvalue weighted by Crippen LogP contribution is -2.19. The van der Waals surface area contributed by atoms with Crippen molar-refractivity contribution >= 4 is 6.09 Å². The Morgan fingerprint density at radius 1 is 1.31 bits per heavy atom. The monoisotopic (exact) mass is 225 g/mol. The summed E-state index contributed by atoms with van der Waals surface area (Å²) < 4.78 is 10.2. The fraction of sp³-hybridized carbons (Fsp3) is 0.364. The van der Waals surface area contributed by atoms with Crippen LogP contribution in [-0.4, -0.2) is 31.5 Å². The number of amides is 1. The summed E-state index contributed by atoms with van der Waals surface area (Å²) in [5.74, 6) is 0.746. The molecule has 0 aliphatic rings. The third-order valence-corrected chi connectivity index (χ3v) is 1.92. The third-order valence-electron chi connectivity index (χ3n) is 1.92. The lowest BCUT2D eigenvalue weighted by atomic mass is 10.2. The smallest absolute Gasteiger partial charge is 0.404 e. The standard InChI is InChI=1S/C11H15NO4/c1-15-6-7-16-10-4-2-9(3-5-10)8-12-11(13)14/h2-5,12H,6-8H2,1H3,(H,13,14). The molecule has 0 radical (unpaired) electrons. The van der Waals surface area contributed by atoms with Gasteiger partial charge in [-0.05, 0) is 17.7 Å². The molecule has 0 aliphatic carbocycles. The molecular formula is C11H15NO4. The van der Waals surface area contributed by atoms with Crippen molar-refractivity contribution in [3.05, 3.63) is 29.8 Å². The first-order valence-electron chi connectivity index (χ1n) is 4.90. The highest BCUT2D eigenvalue weighted by atomic mass is 16.5. The Morgan fingerprint density at radius 3 is 2.56 bits per heavy atom. The Balaban J connectivity index is 2.38. The first-order valence-corrected chi connectivity index (χ1v) is 4.90. The van der Waals surface area contributed by atoms with Crippen molar-refractivity contribution in [3.63, 3.8) is 0 Å². The van der Waals surface area contributed by atoms with Gasteiger partial charge < -0.3 is 19.9 Å². The highest BCUT2D eigenvalue weighted by Gasteiger charge is 1.97. The summed E-state index contributed by atoms with van der Waals surface area (Å²) in [6.07, 6.45) is -1.03. The number of hydrogen-bond donors (Lipinski definition) is 2. The molecule has 88 valence electrons. The zero-order valence-corrected chi connectivity index (χ0v) is 9.10.